The fraction of sp³-hybridized carbons (Fsp3) is 0.209. The van der Waals surface area contributed by atoms with Gasteiger partial charge >= 0.3 is 137 Å². The van der Waals surface area contributed by atoms with Gasteiger partial charge in [0.25, 0.3) is 0 Å². The van der Waals surface area contributed by atoms with Gasteiger partial charge in [-0.3, -0.25) is 6.08 Å². The summed E-state index contributed by atoms with van der Waals surface area (Å²) in [4.78, 5) is 0. The molecule has 0 aromatic heterocycles. The molecule has 0 N–H and O–H groups in total. The third kappa shape index (κ3) is 8.70. The second kappa shape index (κ2) is 15.5. The van der Waals surface area contributed by atoms with Crippen LogP contribution in [-0.4, -0.2) is 3.21 Å². The Hall–Kier alpha value is -3.38. The van der Waals surface area contributed by atoms with Crippen LogP contribution in [-0.2, 0) is 53.8 Å². The Labute approximate surface area is 328 Å². The van der Waals surface area contributed by atoms with Crippen LogP contribution in [0.25, 0.3) is 23.3 Å². The van der Waals surface area contributed by atoms with Gasteiger partial charge in [-0.1, -0.05) is 57.4 Å². The molecule has 0 spiro atoms. The van der Waals surface area contributed by atoms with Crippen molar-refractivity contribution in [2.24, 2.45) is 0 Å². The number of fused-ring (bicyclic) bond motifs is 5. The van der Waals surface area contributed by atoms with E-state index in [1.807, 2.05) is 30.3 Å². The zero-order valence-corrected chi connectivity index (χ0v) is 32.7. The number of allylic oxidation sites excluding steroid dienone is 2. The van der Waals surface area contributed by atoms with Crippen molar-refractivity contribution < 1.29 is 75.4 Å². The molecule has 0 radical (unpaired) electrons. The second-order valence-electron chi connectivity index (χ2n) is 13.8. The van der Waals surface area contributed by atoms with Crippen molar-refractivity contribution in [3.63, 3.8) is 0 Å². The molecular weight excluding hydrogens is 793 g/mol. The number of alkyl halides is 6. The standard InChI is InChI=1S/C23H21.C15H8F6.C5H5.2ClH.Zr/c1-22(2)7-5-14-10-18-16(12-20(14)22)9-17-13-21-15(11-19(17)18)6-8-23(21,3)4;16-14(17,18)12-5-1-3-10(8-12)7-11-4-2-6-13(9-11)15(19,20)21;1-2-4-5-3-1;;;/h5-7,10-13H,9H2,1-4H3;1-6,8-9H;1-5H;2*1H;/q-1;;-1;;;+2/p-2. The Morgan fingerprint density at radius 1 is 0.673 bits per heavy atom. The zero-order valence-electron chi connectivity index (χ0n) is 28.8. The second-order valence-corrected chi connectivity index (χ2v) is 15.1. The van der Waals surface area contributed by atoms with E-state index in [2.05, 4.69) is 76.3 Å². The van der Waals surface area contributed by atoms with Gasteiger partial charge in [0.1, 0.15) is 0 Å². The van der Waals surface area contributed by atoms with Crippen LogP contribution < -0.4 is 24.8 Å². The first kappa shape index (κ1) is 41.4. The molecule has 0 aliphatic heterocycles. The van der Waals surface area contributed by atoms with Gasteiger partial charge in [0.05, 0.1) is 0 Å². The predicted molar refractivity (Wildman–Crippen MR) is 186 cm³/mol. The van der Waals surface area contributed by atoms with Crippen molar-refractivity contribution in [2.75, 3.05) is 0 Å². The van der Waals surface area contributed by atoms with E-state index in [0.29, 0.717) is 3.21 Å². The van der Waals surface area contributed by atoms with Gasteiger partial charge in [-0.05, 0) is 45.9 Å². The summed E-state index contributed by atoms with van der Waals surface area (Å²) in [5.74, 6) is 0. The van der Waals surface area contributed by atoms with E-state index in [1.165, 1.54) is 68.8 Å². The van der Waals surface area contributed by atoms with Gasteiger partial charge in [-0.25, -0.2) is 18.2 Å². The summed E-state index contributed by atoms with van der Waals surface area (Å²) >= 11 is 0.729. The average Bonchev–Trinajstić information content (AvgIpc) is 3.87. The monoisotopic (exact) mass is 824 g/mol. The van der Waals surface area contributed by atoms with Crippen molar-refractivity contribution >= 4 is 15.4 Å². The van der Waals surface area contributed by atoms with Crippen LogP contribution in [0, 0.1) is 6.08 Å². The van der Waals surface area contributed by atoms with E-state index in [0.717, 1.165) is 54.9 Å². The van der Waals surface area contributed by atoms with Crippen LogP contribution in [0.15, 0.2) is 109 Å². The van der Waals surface area contributed by atoms with E-state index >= 15 is 0 Å². The predicted octanol–water partition coefficient (Wildman–Crippen LogP) is 5.92. The maximum absolute atomic E-state index is 12.7. The van der Waals surface area contributed by atoms with Crippen molar-refractivity contribution in [1.82, 2.24) is 0 Å². The third-order valence-electron chi connectivity index (χ3n) is 9.37. The molecule has 5 aromatic carbocycles. The van der Waals surface area contributed by atoms with E-state index in [4.69, 9.17) is 0 Å². The van der Waals surface area contributed by atoms with Gasteiger partial charge in [-0.15, -0.1) is 11.6 Å². The minimum absolute atomic E-state index is 0. The molecule has 0 amide bonds. The maximum Gasteiger partial charge on any atom is -0.172 e. The molecule has 3 aliphatic rings. The third-order valence-corrected chi connectivity index (χ3v) is 10.8. The molecule has 52 heavy (non-hydrogen) atoms. The average molecular weight is 827 g/mol. The number of benzene rings is 4. The first-order valence-corrected chi connectivity index (χ1v) is 17.4. The molecule has 0 unspecified atom stereocenters. The Bertz CT molecular complexity index is 1980. The van der Waals surface area contributed by atoms with Crippen LogP contribution in [0.3, 0.4) is 0 Å². The fourth-order valence-electron chi connectivity index (χ4n) is 6.59. The smallest absolute Gasteiger partial charge is 0.172 e. The fourth-order valence-corrected chi connectivity index (χ4v) is 7.36. The van der Waals surface area contributed by atoms with Crippen LogP contribution in [0.1, 0.15) is 83.3 Å². The molecule has 0 bridgehead atoms. The molecule has 0 atom stereocenters. The summed E-state index contributed by atoms with van der Waals surface area (Å²) < 4.78 is 76.7. The van der Waals surface area contributed by atoms with Gasteiger partial charge in [-0.2, -0.15) is 23.8 Å². The summed E-state index contributed by atoms with van der Waals surface area (Å²) in [6.07, 6.45) is 2.39. The van der Waals surface area contributed by atoms with Crippen molar-refractivity contribution in [3.05, 3.63) is 171 Å². The molecular formula is C43H34Cl2F6Zr-2. The molecule has 0 saturated carbocycles. The first-order valence-electron chi connectivity index (χ1n) is 16.2. The number of rotatable bonds is 2. The molecule has 268 valence electrons. The van der Waals surface area contributed by atoms with E-state index in [9.17, 15) is 26.3 Å². The Kier molecular flexibility index (Phi) is 12.4. The Balaban J connectivity index is 0.000000198. The van der Waals surface area contributed by atoms with Crippen LogP contribution >= 0.6 is 0 Å². The van der Waals surface area contributed by atoms with E-state index in [-0.39, 0.29) is 46.8 Å². The number of halogens is 8. The SMILES string of the molecule is CC1(C)[C-]=Cc2cc3c(cc21)Cc1cc2c(cc1-3)C=CC2(C)C.FC(F)(F)c1cccc([C](=[Zr+2])c2cccc(C(F)(F)F)c2)c1.[Cl-].[Cl-].c1cc[cH-]c1. The van der Waals surface area contributed by atoms with Gasteiger partial charge in [0.2, 0.25) is 0 Å². The quantitative estimate of drug-likeness (QED) is 0.150. The first-order chi connectivity index (χ1) is 23.4. The topological polar surface area (TPSA) is 0 Å². The molecule has 9 heteroatoms. The van der Waals surface area contributed by atoms with E-state index < -0.39 is 23.5 Å². The molecule has 0 saturated heterocycles. The largest absolute Gasteiger partial charge is 1.00 e. The normalized spacial score (nSPS) is 15.0. The maximum atomic E-state index is 12.7. The van der Waals surface area contributed by atoms with E-state index in [1.54, 1.807) is 0 Å². The van der Waals surface area contributed by atoms with Crippen molar-refractivity contribution in [3.8, 4) is 11.1 Å². The summed E-state index contributed by atoms with van der Waals surface area (Å²) in [5, 5.41) is 0. The summed E-state index contributed by atoms with van der Waals surface area (Å²) in [7, 11) is 0. The Morgan fingerprint density at radius 3 is 1.65 bits per heavy atom. The molecule has 5 aromatic rings. The van der Waals surface area contributed by atoms with Crippen LogP contribution in [0.4, 0.5) is 26.3 Å². The molecule has 3 aliphatic carbocycles. The van der Waals surface area contributed by atoms with Crippen molar-refractivity contribution in [2.45, 2.75) is 57.3 Å². The minimum Gasteiger partial charge on any atom is -1.00 e. The molecule has 8 rings (SSSR count). The minimum atomic E-state index is -4.49. The van der Waals surface area contributed by atoms with Gasteiger partial charge in [0, 0.05) is 5.41 Å². The zero-order chi connectivity index (χ0) is 36.1. The number of hydrogen-bond acceptors (Lipinski definition) is 0. The van der Waals surface area contributed by atoms with Crippen molar-refractivity contribution in [1.29, 1.82) is 0 Å². The number of hydrogen-bond donors (Lipinski definition) is 0. The summed E-state index contributed by atoms with van der Waals surface area (Å²) in [6, 6.07) is 28.8. The summed E-state index contributed by atoms with van der Waals surface area (Å²) in [5.41, 5.74) is 10.6. The van der Waals surface area contributed by atoms with Gasteiger partial charge < -0.3 is 24.8 Å². The Morgan fingerprint density at radius 2 is 1.17 bits per heavy atom. The molecule has 0 heterocycles. The molecule has 0 nitrogen and oxygen atoms in total. The van der Waals surface area contributed by atoms with Crippen LogP contribution in [0.5, 0.6) is 0 Å². The summed E-state index contributed by atoms with van der Waals surface area (Å²) in [6.45, 7) is 9.13. The van der Waals surface area contributed by atoms with Crippen LogP contribution in [0.2, 0.25) is 0 Å². The van der Waals surface area contributed by atoms with Gasteiger partial charge in [0.15, 0.2) is 0 Å². The molecule has 0 fully saturated rings.